The molecule has 0 fully saturated rings. The van der Waals surface area contributed by atoms with Gasteiger partial charge in [-0.25, -0.2) is 4.39 Å². The third kappa shape index (κ3) is 4.36. The molecular weight excluding hydrogens is 305 g/mol. The normalized spacial score (nSPS) is 12.2. The molecule has 1 unspecified atom stereocenters. The van der Waals surface area contributed by atoms with Gasteiger partial charge >= 0.3 is 0 Å². The van der Waals surface area contributed by atoms with Crippen LogP contribution in [0.1, 0.15) is 16.8 Å². The van der Waals surface area contributed by atoms with Gasteiger partial charge in [-0.2, -0.15) is 0 Å². The summed E-state index contributed by atoms with van der Waals surface area (Å²) in [5.74, 6) is -0.884. The number of halogens is 2. The largest absolute Gasteiger partial charge is 0.396 e. The number of carbonyl (C=O) groups is 1. The summed E-state index contributed by atoms with van der Waals surface area (Å²) in [6.07, 6.45) is 0.387. The molecule has 0 aliphatic carbocycles. The van der Waals surface area contributed by atoms with Crippen molar-refractivity contribution >= 4 is 21.8 Å². The highest BCUT2D eigenvalue weighted by molar-refractivity contribution is 9.10. The summed E-state index contributed by atoms with van der Waals surface area (Å²) >= 11 is 3.02. The van der Waals surface area contributed by atoms with Crippen molar-refractivity contribution in [2.45, 2.75) is 12.5 Å². The van der Waals surface area contributed by atoms with E-state index in [9.17, 15) is 9.18 Å². The van der Waals surface area contributed by atoms with E-state index >= 15 is 0 Å². The second kappa shape index (κ2) is 7.45. The molecule has 1 rings (SSSR count). The quantitative estimate of drug-likeness (QED) is 0.839. The number of ether oxygens (including phenoxy) is 1. The van der Waals surface area contributed by atoms with Crippen molar-refractivity contribution in [1.82, 2.24) is 5.32 Å². The number of methoxy groups -OCH3 is 1. The van der Waals surface area contributed by atoms with E-state index in [1.54, 1.807) is 0 Å². The van der Waals surface area contributed by atoms with Gasteiger partial charge in [-0.1, -0.05) is 0 Å². The predicted molar refractivity (Wildman–Crippen MR) is 68.9 cm³/mol. The fraction of sp³-hybridized carbons (Fsp3) is 0.417. The molecule has 6 heteroatoms. The molecule has 0 saturated heterocycles. The van der Waals surface area contributed by atoms with Crippen molar-refractivity contribution in [3.8, 4) is 0 Å². The number of aliphatic hydroxyl groups is 1. The van der Waals surface area contributed by atoms with Gasteiger partial charge in [-0.05, 0) is 40.5 Å². The Morgan fingerprint density at radius 2 is 2.33 bits per heavy atom. The zero-order valence-electron chi connectivity index (χ0n) is 9.95. The molecule has 0 saturated carbocycles. The Kier molecular flexibility index (Phi) is 6.24. The number of aliphatic hydroxyl groups excluding tert-OH is 1. The number of amides is 1. The summed E-state index contributed by atoms with van der Waals surface area (Å²) in [7, 11) is 1.51. The van der Waals surface area contributed by atoms with Gasteiger partial charge in [-0.15, -0.1) is 0 Å². The first-order valence-electron chi connectivity index (χ1n) is 5.44. The first-order chi connectivity index (χ1) is 8.58. The number of carbonyl (C=O) groups excluding carboxylic acids is 1. The molecular formula is C12H15BrFNO3. The maximum absolute atomic E-state index is 13.3. The molecule has 0 radical (unpaired) electrons. The Morgan fingerprint density at radius 3 is 2.89 bits per heavy atom. The van der Waals surface area contributed by atoms with E-state index in [4.69, 9.17) is 9.84 Å². The van der Waals surface area contributed by atoms with Crippen LogP contribution in [0.15, 0.2) is 22.7 Å². The highest BCUT2D eigenvalue weighted by atomic mass is 79.9. The van der Waals surface area contributed by atoms with E-state index in [2.05, 4.69) is 21.2 Å². The molecule has 4 nitrogen and oxygen atoms in total. The molecule has 1 atom stereocenters. The summed E-state index contributed by atoms with van der Waals surface area (Å²) in [4.78, 5) is 11.8. The lowest BCUT2D eigenvalue weighted by molar-refractivity contribution is 0.0878. The SMILES string of the molecule is COCC(CCO)NC(=O)c1ccc(Br)c(F)c1. The Hall–Kier alpha value is -0.980. The van der Waals surface area contributed by atoms with Crippen molar-refractivity contribution in [2.24, 2.45) is 0 Å². The van der Waals surface area contributed by atoms with Crippen molar-refractivity contribution in [3.63, 3.8) is 0 Å². The second-order valence-electron chi connectivity index (χ2n) is 3.77. The highest BCUT2D eigenvalue weighted by Gasteiger charge is 2.14. The molecule has 0 spiro atoms. The molecule has 1 amide bonds. The van der Waals surface area contributed by atoms with Gasteiger partial charge in [0.1, 0.15) is 5.82 Å². The fourth-order valence-corrected chi connectivity index (χ4v) is 1.71. The Bertz CT molecular complexity index is 408. The van der Waals surface area contributed by atoms with Crippen LogP contribution in [0.2, 0.25) is 0 Å². The summed E-state index contributed by atoms with van der Waals surface area (Å²) in [6, 6.07) is 3.86. The zero-order valence-corrected chi connectivity index (χ0v) is 11.5. The summed E-state index contributed by atoms with van der Waals surface area (Å²) in [5, 5.41) is 11.5. The van der Waals surface area contributed by atoms with E-state index in [0.29, 0.717) is 17.5 Å². The fourth-order valence-electron chi connectivity index (χ4n) is 1.46. The van der Waals surface area contributed by atoms with E-state index in [0.717, 1.165) is 6.07 Å². The molecule has 0 aliphatic rings. The standard InChI is InChI=1S/C12H15BrFNO3/c1-18-7-9(4-5-16)15-12(17)8-2-3-10(13)11(14)6-8/h2-3,6,9,16H,4-5,7H2,1H3,(H,15,17). The minimum absolute atomic E-state index is 0.0526. The van der Waals surface area contributed by atoms with E-state index in [1.165, 1.54) is 19.2 Å². The predicted octanol–water partition coefficient (Wildman–Crippen LogP) is 1.72. The number of nitrogens with one attached hydrogen (secondary N) is 1. The third-order valence-corrected chi connectivity index (χ3v) is 3.01. The van der Waals surface area contributed by atoms with E-state index in [-0.39, 0.29) is 18.2 Å². The first-order valence-corrected chi connectivity index (χ1v) is 6.23. The van der Waals surface area contributed by atoms with E-state index < -0.39 is 11.7 Å². The Balaban J connectivity index is 2.70. The van der Waals surface area contributed by atoms with Crippen molar-refractivity contribution in [2.75, 3.05) is 20.3 Å². The van der Waals surface area contributed by atoms with Crippen LogP contribution in [0, 0.1) is 5.82 Å². The number of rotatable bonds is 6. The first kappa shape index (κ1) is 15.1. The van der Waals surface area contributed by atoms with E-state index in [1.807, 2.05) is 0 Å². The van der Waals surface area contributed by atoms with Crippen LogP contribution in [0.5, 0.6) is 0 Å². The van der Waals surface area contributed by atoms with Crippen molar-refractivity contribution in [1.29, 1.82) is 0 Å². The number of benzene rings is 1. The van der Waals surface area contributed by atoms with Gasteiger partial charge in [0.05, 0.1) is 17.1 Å². The summed E-state index contributed by atoms with van der Waals surface area (Å²) in [5.41, 5.74) is 0.231. The molecule has 18 heavy (non-hydrogen) atoms. The summed E-state index contributed by atoms with van der Waals surface area (Å²) in [6.45, 7) is 0.244. The molecule has 1 aromatic carbocycles. The molecule has 0 heterocycles. The summed E-state index contributed by atoms with van der Waals surface area (Å²) < 4.78 is 18.5. The number of hydrogen-bond donors (Lipinski definition) is 2. The average molecular weight is 320 g/mol. The Labute approximate surface area is 113 Å². The Morgan fingerprint density at radius 1 is 1.61 bits per heavy atom. The molecule has 2 N–H and O–H groups in total. The van der Waals surface area contributed by atoms with Gasteiger partial charge in [0, 0.05) is 19.3 Å². The average Bonchev–Trinajstić information content (AvgIpc) is 2.33. The highest BCUT2D eigenvalue weighted by Crippen LogP contribution is 2.16. The van der Waals surface area contributed by atoms with Crippen LogP contribution in [0.4, 0.5) is 4.39 Å². The molecule has 100 valence electrons. The minimum Gasteiger partial charge on any atom is -0.396 e. The lowest BCUT2D eigenvalue weighted by Gasteiger charge is -2.16. The zero-order chi connectivity index (χ0) is 13.5. The van der Waals surface area contributed by atoms with Crippen LogP contribution >= 0.6 is 15.9 Å². The maximum Gasteiger partial charge on any atom is 0.251 e. The molecule has 0 aliphatic heterocycles. The van der Waals surface area contributed by atoms with Gasteiger partial charge in [0.25, 0.3) is 5.91 Å². The minimum atomic E-state index is -0.493. The van der Waals surface area contributed by atoms with Crippen molar-refractivity contribution in [3.05, 3.63) is 34.1 Å². The maximum atomic E-state index is 13.3. The van der Waals surface area contributed by atoms with Crippen LogP contribution in [0.3, 0.4) is 0 Å². The van der Waals surface area contributed by atoms with Crippen LogP contribution < -0.4 is 5.32 Å². The monoisotopic (exact) mass is 319 g/mol. The van der Waals surface area contributed by atoms with Gasteiger partial charge in [0.2, 0.25) is 0 Å². The second-order valence-corrected chi connectivity index (χ2v) is 4.62. The third-order valence-electron chi connectivity index (χ3n) is 2.36. The van der Waals surface area contributed by atoms with Crippen LogP contribution in [0.25, 0.3) is 0 Å². The van der Waals surface area contributed by atoms with Crippen molar-refractivity contribution < 1.29 is 19.0 Å². The lowest BCUT2D eigenvalue weighted by Crippen LogP contribution is -2.38. The lowest BCUT2D eigenvalue weighted by atomic mass is 10.1. The topological polar surface area (TPSA) is 58.6 Å². The molecule has 1 aromatic rings. The van der Waals surface area contributed by atoms with Gasteiger partial charge in [0.15, 0.2) is 0 Å². The molecule has 0 bridgehead atoms. The smallest absolute Gasteiger partial charge is 0.251 e. The van der Waals surface area contributed by atoms with Crippen LogP contribution in [-0.2, 0) is 4.74 Å². The van der Waals surface area contributed by atoms with Crippen LogP contribution in [-0.4, -0.2) is 37.4 Å². The van der Waals surface area contributed by atoms with Gasteiger partial charge < -0.3 is 15.2 Å². The molecule has 0 aromatic heterocycles. The van der Waals surface area contributed by atoms with Gasteiger partial charge in [-0.3, -0.25) is 4.79 Å². The number of hydrogen-bond acceptors (Lipinski definition) is 3.